The Morgan fingerprint density at radius 1 is 1.38 bits per heavy atom. The van der Waals surface area contributed by atoms with Gasteiger partial charge < -0.3 is 19.9 Å². The van der Waals surface area contributed by atoms with Crippen molar-refractivity contribution in [1.29, 1.82) is 0 Å². The zero-order chi connectivity index (χ0) is 15.4. The number of hydrogen-bond donors (Lipinski definition) is 2. The van der Waals surface area contributed by atoms with Gasteiger partial charge in [-0.1, -0.05) is 13.8 Å². The third kappa shape index (κ3) is 4.11. The van der Waals surface area contributed by atoms with Crippen molar-refractivity contribution in [2.24, 2.45) is 5.92 Å². The number of aliphatic hydroxyl groups is 1. The van der Waals surface area contributed by atoms with Gasteiger partial charge in [-0.05, 0) is 38.4 Å². The summed E-state index contributed by atoms with van der Waals surface area (Å²) in [4.78, 5) is 0. The first-order valence-corrected chi connectivity index (χ1v) is 7.86. The normalized spacial score (nSPS) is 18.5. The summed E-state index contributed by atoms with van der Waals surface area (Å²) in [6, 6.07) is 3.95. The van der Waals surface area contributed by atoms with Gasteiger partial charge in [-0.25, -0.2) is 0 Å². The molecular formula is C17H27NO3. The molecule has 1 heterocycles. The van der Waals surface area contributed by atoms with Crippen LogP contribution in [-0.2, 0) is 6.42 Å². The van der Waals surface area contributed by atoms with E-state index in [9.17, 15) is 5.11 Å². The van der Waals surface area contributed by atoms with E-state index in [1.807, 2.05) is 19.1 Å². The van der Waals surface area contributed by atoms with Crippen LogP contribution < -0.4 is 14.8 Å². The minimum Gasteiger partial charge on any atom is -0.493 e. The van der Waals surface area contributed by atoms with Gasteiger partial charge in [0.15, 0.2) is 0 Å². The highest BCUT2D eigenvalue weighted by molar-refractivity contribution is 5.49. The van der Waals surface area contributed by atoms with E-state index in [0.29, 0.717) is 19.1 Å². The SMILES string of the molecule is CCOc1cc2c(cc1C(O)CNCC(C)C)OC(C)C2. The Kier molecular flexibility index (Phi) is 5.48. The molecular weight excluding hydrogens is 266 g/mol. The highest BCUT2D eigenvalue weighted by atomic mass is 16.5. The average Bonchev–Trinajstić information content (AvgIpc) is 2.76. The molecule has 4 nitrogen and oxygen atoms in total. The summed E-state index contributed by atoms with van der Waals surface area (Å²) in [5, 5.41) is 13.7. The molecule has 1 aliphatic heterocycles. The van der Waals surface area contributed by atoms with Crippen LogP contribution in [0.5, 0.6) is 11.5 Å². The van der Waals surface area contributed by atoms with E-state index in [-0.39, 0.29) is 6.10 Å². The maximum Gasteiger partial charge on any atom is 0.125 e. The molecule has 0 aliphatic carbocycles. The van der Waals surface area contributed by atoms with Crippen LogP contribution in [0, 0.1) is 5.92 Å². The highest BCUT2D eigenvalue weighted by Gasteiger charge is 2.24. The number of rotatable bonds is 7. The van der Waals surface area contributed by atoms with Crippen molar-refractivity contribution < 1.29 is 14.6 Å². The van der Waals surface area contributed by atoms with Gasteiger partial charge in [0.25, 0.3) is 0 Å². The Morgan fingerprint density at radius 3 is 2.81 bits per heavy atom. The van der Waals surface area contributed by atoms with Crippen molar-refractivity contribution in [3.05, 3.63) is 23.3 Å². The third-order valence-corrected chi connectivity index (χ3v) is 3.58. The van der Waals surface area contributed by atoms with Gasteiger partial charge in [0.05, 0.1) is 12.7 Å². The van der Waals surface area contributed by atoms with Crippen molar-refractivity contribution >= 4 is 0 Å². The minimum atomic E-state index is -0.588. The van der Waals surface area contributed by atoms with Gasteiger partial charge in [-0.3, -0.25) is 0 Å². The molecule has 0 saturated heterocycles. The summed E-state index contributed by atoms with van der Waals surface area (Å²) in [5.74, 6) is 2.21. The summed E-state index contributed by atoms with van der Waals surface area (Å²) in [5.41, 5.74) is 1.97. The monoisotopic (exact) mass is 293 g/mol. The Balaban J connectivity index is 2.14. The van der Waals surface area contributed by atoms with E-state index in [0.717, 1.165) is 35.6 Å². The topological polar surface area (TPSA) is 50.7 Å². The first kappa shape index (κ1) is 16.1. The molecule has 0 saturated carbocycles. The predicted molar refractivity (Wildman–Crippen MR) is 84.1 cm³/mol. The zero-order valence-corrected chi connectivity index (χ0v) is 13.5. The first-order valence-electron chi connectivity index (χ1n) is 7.86. The second-order valence-electron chi connectivity index (χ2n) is 6.13. The quantitative estimate of drug-likeness (QED) is 0.811. The molecule has 0 fully saturated rings. The molecule has 1 aromatic rings. The lowest BCUT2D eigenvalue weighted by Crippen LogP contribution is -2.25. The molecule has 0 spiro atoms. The summed E-state index contributed by atoms with van der Waals surface area (Å²) in [6.45, 7) is 10.3. The lowest BCUT2D eigenvalue weighted by Gasteiger charge is -2.18. The van der Waals surface area contributed by atoms with Crippen molar-refractivity contribution in [2.75, 3.05) is 19.7 Å². The standard InChI is InChI=1S/C17H27NO3/c1-5-20-17-7-13-6-12(4)21-16(13)8-14(17)15(19)10-18-9-11(2)3/h7-8,11-12,15,18-19H,5-6,9-10H2,1-4H3. The Hall–Kier alpha value is -1.26. The van der Waals surface area contributed by atoms with Crippen molar-refractivity contribution in [3.8, 4) is 11.5 Å². The van der Waals surface area contributed by atoms with Gasteiger partial charge in [0.2, 0.25) is 0 Å². The van der Waals surface area contributed by atoms with Crippen LogP contribution in [0.3, 0.4) is 0 Å². The average molecular weight is 293 g/mol. The Bertz CT molecular complexity index is 473. The zero-order valence-electron chi connectivity index (χ0n) is 13.5. The van der Waals surface area contributed by atoms with Crippen molar-refractivity contribution in [2.45, 2.75) is 46.3 Å². The number of fused-ring (bicyclic) bond motifs is 1. The fourth-order valence-electron chi connectivity index (χ4n) is 2.61. The summed E-state index contributed by atoms with van der Waals surface area (Å²) < 4.78 is 11.5. The Morgan fingerprint density at radius 2 is 2.14 bits per heavy atom. The third-order valence-electron chi connectivity index (χ3n) is 3.58. The fourth-order valence-corrected chi connectivity index (χ4v) is 2.61. The van der Waals surface area contributed by atoms with Gasteiger partial charge in [-0.15, -0.1) is 0 Å². The van der Waals surface area contributed by atoms with Crippen molar-refractivity contribution in [3.63, 3.8) is 0 Å². The molecule has 0 aromatic heterocycles. The van der Waals surface area contributed by atoms with Gasteiger partial charge in [0.1, 0.15) is 17.6 Å². The maximum absolute atomic E-state index is 10.4. The van der Waals surface area contributed by atoms with Gasteiger partial charge in [0, 0.05) is 24.1 Å². The van der Waals surface area contributed by atoms with E-state index < -0.39 is 6.10 Å². The molecule has 2 rings (SSSR count). The largest absolute Gasteiger partial charge is 0.493 e. The molecule has 2 unspecified atom stereocenters. The maximum atomic E-state index is 10.4. The molecule has 21 heavy (non-hydrogen) atoms. The molecule has 2 atom stereocenters. The lowest BCUT2D eigenvalue weighted by atomic mass is 10.0. The predicted octanol–water partition coefficient (Wildman–Crippen LogP) is 2.69. The number of nitrogens with one attached hydrogen (secondary N) is 1. The van der Waals surface area contributed by atoms with Crippen LogP contribution in [0.2, 0.25) is 0 Å². The van der Waals surface area contributed by atoms with E-state index in [1.165, 1.54) is 0 Å². The van der Waals surface area contributed by atoms with Crippen LogP contribution in [0.4, 0.5) is 0 Å². The lowest BCUT2D eigenvalue weighted by molar-refractivity contribution is 0.167. The summed E-state index contributed by atoms with van der Waals surface area (Å²) >= 11 is 0. The van der Waals surface area contributed by atoms with Gasteiger partial charge >= 0.3 is 0 Å². The van der Waals surface area contributed by atoms with Crippen LogP contribution in [0.1, 0.15) is 44.9 Å². The molecule has 1 aliphatic rings. The second-order valence-corrected chi connectivity index (χ2v) is 6.13. The van der Waals surface area contributed by atoms with Crippen LogP contribution in [0.15, 0.2) is 12.1 Å². The van der Waals surface area contributed by atoms with Crippen molar-refractivity contribution in [1.82, 2.24) is 5.32 Å². The van der Waals surface area contributed by atoms with E-state index in [2.05, 4.69) is 26.1 Å². The van der Waals surface area contributed by atoms with E-state index in [1.54, 1.807) is 0 Å². The second kappa shape index (κ2) is 7.14. The first-order chi connectivity index (χ1) is 10.0. The number of benzene rings is 1. The van der Waals surface area contributed by atoms with Crippen LogP contribution >= 0.6 is 0 Å². The minimum absolute atomic E-state index is 0.195. The fraction of sp³-hybridized carbons (Fsp3) is 0.647. The molecule has 118 valence electrons. The number of ether oxygens (including phenoxy) is 2. The van der Waals surface area contributed by atoms with Gasteiger partial charge in [-0.2, -0.15) is 0 Å². The number of aliphatic hydroxyl groups excluding tert-OH is 1. The summed E-state index contributed by atoms with van der Waals surface area (Å²) in [7, 11) is 0. The molecule has 0 amide bonds. The van der Waals surface area contributed by atoms with E-state index in [4.69, 9.17) is 9.47 Å². The smallest absolute Gasteiger partial charge is 0.125 e. The molecule has 1 aromatic carbocycles. The molecule has 0 bridgehead atoms. The number of hydrogen-bond acceptors (Lipinski definition) is 4. The highest BCUT2D eigenvalue weighted by Crippen LogP contribution is 2.37. The summed E-state index contributed by atoms with van der Waals surface area (Å²) in [6.07, 6.45) is 0.508. The van der Waals surface area contributed by atoms with Crippen LogP contribution in [-0.4, -0.2) is 30.9 Å². The molecule has 4 heteroatoms. The Labute approximate surface area is 127 Å². The molecule has 2 N–H and O–H groups in total. The van der Waals surface area contributed by atoms with Crippen LogP contribution in [0.25, 0.3) is 0 Å². The van der Waals surface area contributed by atoms with E-state index >= 15 is 0 Å². The molecule has 0 radical (unpaired) electrons.